The molecule has 1 aliphatic rings. The number of rotatable bonds is 4. The van der Waals surface area contributed by atoms with Crippen molar-refractivity contribution in [2.24, 2.45) is 0 Å². The molecule has 1 saturated heterocycles. The van der Waals surface area contributed by atoms with Crippen LogP contribution in [0.3, 0.4) is 0 Å². The van der Waals surface area contributed by atoms with Gasteiger partial charge >= 0.3 is 0 Å². The molecule has 3 rings (SSSR count). The van der Waals surface area contributed by atoms with Gasteiger partial charge in [0, 0.05) is 24.7 Å². The second-order valence-corrected chi connectivity index (χ2v) is 6.15. The van der Waals surface area contributed by atoms with Crippen molar-refractivity contribution in [2.75, 3.05) is 20.2 Å². The Bertz CT molecular complexity index is 703. The monoisotopic (exact) mass is 330 g/mol. The standard InChI is InChI=1S/C18H22N2O4/c1-12-10-20(11-13(2)23-12)18(21)9-15-8-17(24-19-15)14-5-4-6-16(7-14)22-3/h4-8,12-13H,9-11H2,1-3H3/t12-,13-/m0/s1. The van der Waals surface area contributed by atoms with E-state index in [-0.39, 0.29) is 24.5 Å². The summed E-state index contributed by atoms with van der Waals surface area (Å²) in [6.45, 7) is 5.19. The topological polar surface area (TPSA) is 64.8 Å². The Hall–Kier alpha value is -2.34. The molecule has 1 amide bonds. The highest BCUT2D eigenvalue weighted by atomic mass is 16.5. The molecule has 2 atom stereocenters. The Kier molecular flexibility index (Phi) is 4.85. The third kappa shape index (κ3) is 3.76. The smallest absolute Gasteiger partial charge is 0.228 e. The minimum absolute atomic E-state index is 0.0440. The lowest BCUT2D eigenvalue weighted by Gasteiger charge is -2.35. The zero-order valence-corrected chi connectivity index (χ0v) is 14.2. The number of benzene rings is 1. The van der Waals surface area contributed by atoms with Crippen molar-refractivity contribution in [2.45, 2.75) is 32.5 Å². The molecule has 0 bridgehead atoms. The van der Waals surface area contributed by atoms with E-state index in [4.69, 9.17) is 14.0 Å². The zero-order valence-electron chi connectivity index (χ0n) is 14.2. The summed E-state index contributed by atoms with van der Waals surface area (Å²) in [6.07, 6.45) is 0.345. The summed E-state index contributed by atoms with van der Waals surface area (Å²) in [4.78, 5) is 14.3. The quantitative estimate of drug-likeness (QED) is 0.862. The number of morpholine rings is 1. The predicted molar refractivity (Wildman–Crippen MR) is 88.8 cm³/mol. The number of hydrogen-bond donors (Lipinski definition) is 0. The van der Waals surface area contributed by atoms with E-state index in [2.05, 4.69) is 5.16 Å². The van der Waals surface area contributed by atoms with Crippen molar-refractivity contribution in [3.05, 3.63) is 36.0 Å². The normalized spacial score (nSPS) is 20.9. The molecule has 0 unspecified atom stereocenters. The Labute approximate surface area is 141 Å². The van der Waals surface area contributed by atoms with Crippen molar-refractivity contribution < 1.29 is 18.8 Å². The molecule has 6 heteroatoms. The number of aromatic nitrogens is 1. The highest BCUT2D eigenvalue weighted by Crippen LogP contribution is 2.24. The molecule has 128 valence electrons. The third-order valence-electron chi connectivity index (χ3n) is 4.02. The molecule has 0 radical (unpaired) electrons. The van der Waals surface area contributed by atoms with Crippen molar-refractivity contribution in [1.29, 1.82) is 0 Å². The van der Waals surface area contributed by atoms with E-state index >= 15 is 0 Å². The Morgan fingerprint density at radius 2 is 2.04 bits per heavy atom. The Morgan fingerprint density at radius 3 is 2.75 bits per heavy atom. The van der Waals surface area contributed by atoms with Crippen LogP contribution in [0, 0.1) is 0 Å². The fourth-order valence-corrected chi connectivity index (χ4v) is 2.96. The van der Waals surface area contributed by atoms with Gasteiger partial charge in [-0.2, -0.15) is 0 Å². The number of nitrogens with zero attached hydrogens (tertiary/aromatic N) is 2. The summed E-state index contributed by atoms with van der Waals surface area (Å²) >= 11 is 0. The van der Waals surface area contributed by atoms with Crippen LogP contribution in [0.5, 0.6) is 5.75 Å². The van der Waals surface area contributed by atoms with Crippen LogP contribution in [0.15, 0.2) is 34.9 Å². The van der Waals surface area contributed by atoms with Crippen molar-refractivity contribution in [1.82, 2.24) is 10.1 Å². The first-order valence-corrected chi connectivity index (χ1v) is 8.08. The largest absolute Gasteiger partial charge is 0.497 e. The van der Waals surface area contributed by atoms with Crippen molar-refractivity contribution >= 4 is 5.91 Å². The SMILES string of the molecule is COc1cccc(-c2cc(CC(=O)N3C[C@H](C)O[C@@H](C)C3)no2)c1. The number of carbonyl (C=O) groups is 1. The molecular formula is C18H22N2O4. The average molecular weight is 330 g/mol. The van der Waals surface area contributed by atoms with Crippen LogP contribution in [0.4, 0.5) is 0 Å². The summed E-state index contributed by atoms with van der Waals surface area (Å²) in [5.41, 5.74) is 1.50. The first-order valence-electron chi connectivity index (χ1n) is 8.08. The molecule has 0 saturated carbocycles. The third-order valence-corrected chi connectivity index (χ3v) is 4.02. The molecule has 24 heavy (non-hydrogen) atoms. The first kappa shape index (κ1) is 16.5. The minimum atomic E-state index is 0.0440. The van der Waals surface area contributed by atoms with Crippen LogP contribution in [0.25, 0.3) is 11.3 Å². The lowest BCUT2D eigenvalue weighted by molar-refractivity contribution is -0.142. The lowest BCUT2D eigenvalue weighted by atomic mass is 10.1. The van der Waals surface area contributed by atoms with E-state index in [1.807, 2.05) is 43.0 Å². The minimum Gasteiger partial charge on any atom is -0.497 e. The fraction of sp³-hybridized carbons (Fsp3) is 0.444. The van der Waals surface area contributed by atoms with E-state index in [0.29, 0.717) is 24.5 Å². The van der Waals surface area contributed by atoms with Crippen LogP contribution >= 0.6 is 0 Å². The number of methoxy groups -OCH3 is 1. The maximum atomic E-state index is 12.5. The molecule has 2 heterocycles. The fourth-order valence-electron chi connectivity index (χ4n) is 2.96. The zero-order chi connectivity index (χ0) is 17.1. The molecule has 1 aliphatic heterocycles. The molecule has 1 fully saturated rings. The molecule has 1 aromatic heterocycles. The maximum absolute atomic E-state index is 12.5. The molecule has 0 aliphatic carbocycles. The van der Waals surface area contributed by atoms with Crippen molar-refractivity contribution in [3.63, 3.8) is 0 Å². The second-order valence-electron chi connectivity index (χ2n) is 6.15. The first-order chi connectivity index (χ1) is 11.5. The highest BCUT2D eigenvalue weighted by Gasteiger charge is 2.26. The van der Waals surface area contributed by atoms with Gasteiger partial charge in [0.05, 0.1) is 31.4 Å². The summed E-state index contributed by atoms with van der Waals surface area (Å²) in [5.74, 6) is 1.42. The average Bonchev–Trinajstić information content (AvgIpc) is 3.02. The van der Waals surface area contributed by atoms with Gasteiger partial charge in [-0.05, 0) is 26.0 Å². The van der Waals surface area contributed by atoms with Crippen molar-refractivity contribution in [3.8, 4) is 17.1 Å². The predicted octanol–water partition coefficient (Wildman–Crippen LogP) is 2.53. The molecule has 2 aromatic rings. The number of carbonyl (C=O) groups excluding carboxylic acids is 1. The van der Waals surface area contributed by atoms with Gasteiger partial charge in [-0.25, -0.2) is 0 Å². The van der Waals surface area contributed by atoms with E-state index in [1.165, 1.54) is 0 Å². The van der Waals surface area contributed by atoms with Gasteiger partial charge in [0.25, 0.3) is 0 Å². The number of hydrogen-bond acceptors (Lipinski definition) is 5. The summed E-state index contributed by atoms with van der Waals surface area (Å²) in [5, 5.41) is 4.03. The second kappa shape index (κ2) is 7.05. The van der Waals surface area contributed by atoms with Crippen LogP contribution in [0.2, 0.25) is 0 Å². The number of amides is 1. The van der Waals surface area contributed by atoms with Gasteiger partial charge in [-0.3, -0.25) is 4.79 Å². The molecule has 6 nitrogen and oxygen atoms in total. The van der Waals surface area contributed by atoms with Crippen LogP contribution in [-0.4, -0.2) is 48.4 Å². The summed E-state index contributed by atoms with van der Waals surface area (Å²) < 4.78 is 16.3. The van der Waals surface area contributed by atoms with Gasteiger partial charge < -0.3 is 18.9 Å². The van der Waals surface area contributed by atoms with E-state index in [9.17, 15) is 4.79 Å². The van der Waals surface area contributed by atoms with Crippen LogP contribution < -0.4 is 4.74 Å². The van der Waals surface area contributed by atoms with E-state index in [1.54, 1.807) is 13.2 Å². The highest BCUT2D eigenvalue weighted by molar-refractivity contribution is 5.79. The van der Waals surface area contributed by atoms with Gasteiger partial charge in [0.1, 0.15) is 5.75 Å². The van der Waals surface area contributed by atoms with Crippen LogP contribution in [0.1, 0.15) is 19.5 Å². The molecular weight excluding hydrogens is 308 g/mol. The van der Waals surface area contributed by atoms with Gasteiger partial charge in [0.2, 0.25) is 5.91 Å². The summed E-state index contributed by atoms with van der Waals surface area (Å²) in [7, 11) is 1.62. The van der Waals surface area contributed by atoms with Gasteiger partial charge in [-0.15, -0.1) is 0 Å². The number of ether oxygens (including phenoxy) is 2. The van der Waals surface area contributed by atoms with Gasteiger partial charge in [0.15, 0.2) is 5.76 Å². The Balaban J connectivity index is 1.68. The molecule has 1 aromatic carbocycles. The van der Waals surface area contributed by atoms with Crippen LogP contribution in [-0.2, 0) is 16.0 Å². The Morgan fingerprint density at radius 1 is 1.29 bits per heavy atom. The molecule has 0 spiro atoms. The van der Waals surface area contributed by atoms with E-state index in [0.717, 1.165) is 11.3 Å². The lowest BCUT2D eigenvalue weighted by Crippen LogP contribution is -2.48. The molecule has 0 N–H and O–H groups in total. The summed E-state index contributed by atoms with van der Waals surface area (Å²) in [6, 6.07) is 9.35. The van der Waals surface area contributed by atoms with Gasteiger partial charge in [-0.1, -0.05) is 17.3 Å². The van der Waals surface area contributed by atoms with E-state index < -0.39 is 0 Å². The maximum Gasteiger partial charge on any atom is 0.228 e.